The van der Waals surface area contributed by atoms with E-state index < -0.39 is 5.97 Å². The average molecular weight is 248 g/mol. The number of rotatable bonds is 3. The van der Waals surface area contributed by atoms with Gasteiger partial charge in [0.25, 0.3) is 0 Å². The van der Waals surface area contributed by atoms with Gasteiger partial charge in [0, 0.05) is 5.69 Å². The largest absolute Gasteiger partial charge is 0.476 e. The molecule has 0 bridgehead atoms. The number of aromatic carboxylic acids is 1. The van der Waals surface area contributed by atoms with E-state index in [-0.39, 0.29) is 11.5 Å². The minimum absolute atomic E-state index is 0.0336. The zero-order chi connectivity index (χ0) is 13.3. The third-order valence-electron chi connectivity index (χ3n) is 2.64. The van der Waals surface area contributed by atoms with Crippen LogP contribution in [0.25, 0.3) is 5.69 Å². The summed E-state index contributed by atoms with van der Waals surface area (Å²) in [6, 6.07) is 6.02. The van der Waals surface area contributed by atoms with Gasteiger partial charge in [-0.15, -0.1) is 0 Å². The van der Waals surface area contributed by atoms with Gasteiger partial charge >= 0.3 is 5.97 Å². The van der Waals surface area contributed by atoms with Gasteiger partial charge in [-0.1, -0.05) is 6.92 Å². The molecule has 1 N–H and O–H groups in total. The Morgan fingerprint density at radius 1 is 1.39 bits per heavy atom. The lowest BCUT2D eigenvalue weighted by atomic mass is 10.2. The molecule has 2 rings (SSSR count). The molecule has 0 aliphatic heterocycles. The Labute approximate surface area is 104 Å². The van der Waals surface area contributed by atoms with Crippen molar-refractivity contribution in [2.24, 2.45) is 0 Å². The molecule has 94 valence electrons. The number of carboxylic acid groups (broad SMARTS) is 1. The summed E-state index contributed by atoms with van der Waals surface area (Å²) in [6.45, 7) is 3.67. The second-order valence-electron chi connectivity index (χ2n) is 4.08. The Balaban J connectivity index is 2.58. The van der Waals surface area contributed by atoms with E-state index in [0.29, 0.717) is 12.1 Å². The van der Waals surface area contributed by atoms with Gasteiger partial charge in [-0.25, -0.2) is 13.9 Å². The Hall–Kier alpha value is -2.17. The highest BCUT2D eigenvalue weighted by molar-refractivity contribution is 5.85. The SMILES string of the molecule is CCc1cc(C(=O)O)nn1-c1cc(C)cc(F)c1. The predicted molar refractivity (Wildman–Crippen MR) is 64.6 cm³/mol. The molecule has 1 aromatic heterocycles. The van der Waals surface area contributed by atoms with Crippen molar-refractivity contribution in [3.63, 3.8) is 0 Å². The lowest BCUT2D eigenvalue weighted by Crippen LogP contribution is -2.04. The smallest absolute Gasteiger partial charge is 0.356 e. The summed E-state index contributed by atoms with van der Waals surface area (Å²) >= 11 is 0. The van der Waals surface area contributed by atoms with Crippen molar-refractivity contribution >= 4 is 5.97 Å². The summed E-state index contributed by atoms with van der Waals surface area (Å²) in [5.41, 5.74) is 2.00. The van der Waals surface area contributed by atoms with E-state index in [9.17, 15) is 9.18 Å². The summed E-state index contributed by atoms with van der Waals surface area (Å²) in [6.07, 6.45) is 0.621. The number of hydrogen-bond donors (Lipinski definition) is 1. The molecule has 0 amide bonds. The molecule has 1 heterocycles. The van der Waals surface area contributed by atoms with Crippen LogP contribution in [0.3, 0.4) is 0 Å². The van der Waals surface area contributed by atoms with E-state index in [1.54, 1.807) is 13.0 Å². The third kappa shape index (κ3) is 2.25. The molecule has 18 heavy (non-hydrogen) atoms. The molecule has 0 saturated heterocycles. The molecule has 0 unspecified atom stereocenters. The Kier molecular flexibility index (Phi) is 3.14. The molecule has 2 aromatic rings. The summed E-state index contributed by atoms with van der Waals surface area (Å²) in [7, 11) is 0. The molecule has 0 spiro atoms. The van der Waals surface area contributed by atoms with Crippen molar-refractivity contribution in [1.82, 2.24) is 9.78 Å². The number of nitrogens with zero attached hydrogens (tertiary/aromatic N) is 2. The maximum absolute atomic E-state index is 13.4. The van der Waals surface area contributed by atoms with Crippen molar-refractivity contribution in [2.45, 2.75) is 20.3 Å². The van der Waals surface area contributed by atoms with Gasteiger partial charge < -0.3 is 5.11 Å². The van der Waals surface area contributed by atoms with E-state index in [4.69, 9.17) is 5.11 Å². The van der Waals surface area contributed by atoms with Gasteiger partial charge in [0.1, 0.15) is 5.82 Å². The molecule has 0 aliphatic carbocycles. The fraction of sp³-hybridized carbons (Fsp3) is 0.231. The minimum atomic E-state index is -1.09. The second kappa shape index (κ2) is 4.60. The molecule has 0 atom stereocenters. The lowest BCUT2D eigenvalue weighted by Gasteiger charge is -2.07. The van der Waals surface area contributed by atoms with Crippen molar-refractivity contribution in [2.75, 3.05) is 0 Å². The van der Waals surface area contributed by atoms with E-state index >= 15 is 0 Å². The number of carboxylic acids is 1. The van der Waals surface area contributed by atoms with Crippen molar-refractivity contribution in [3.05, 3.63) is 47.0 Å². The Morgan fingerprint density at radius 2 is 2.11 bits per heavy atom. The Morgan fingerprint density at radius 3 is 2.67 bits per heavy atom. The number of aryl methyl sites for hydroxylation is 2. The normalized spacial score (nSPS) is 10.6. The first-order valence-electron chi connectivity index (χ1n) is 5.61. The Bertz CT molecular complexity index is 585. The third-order valence-corrected chi connectivity index (χ3v) is 2.64. The molecule has 0 fully saturated rings. The summed E-state index contributed by atoms with van der Waals surface area (Å²) in [5, 5.41) is 12.9. The van der Waals surface area contributed by atoms with Crippen LogP contribution in [0.15, 0.2) is 24.3 Å². The lowest BCUT2D eigenvalue weighted by molar-refractivity contribution is 0.0690. The van der Waals surface area contributed by atoms with Gasteiger partial charge in [0.05, 0.1) is 5.69 Å². The van der Waals surface area contributed by atoms with Crippen LogP contribution in [-0.2, 0) is 6.42 Å². The molecule has 5 heteroatoms. The summed E-state index contributed by atoms with van der Waals surface area (Å²) in [5.74, 6) is -1.45. The molecule has 4 nitrogen and oxygen atoms in total. The molecular formula is C13H13FN2O2. The predicted octanol–water partition coefficient (Wildman–Crippen LogP) is 2.58. The number of hydrogen-bond acceptors (Lipinski definition) is 2. The highest BCUT2D eigenvalue weighted by Crippen LogP contribution is 2.16. The van der Waals surface area contributed by atoms with Gasteiger partial charge in [0.15, 0.2) is 5.69 Å². The number of halogens is 1. The van der Waals surface area contributed by atoms with Crippen LogP contribution in [0, 0.1) is 12.7 Å². The van der Waals surface area contributed by atoms with Gasteiger partial charge in [-0.05, 0) is 43.2 Å². The highest BCUT2D eigenvalue weighted by atomic mass is 19.1. The van der Waals surface area contributed by atoms with Crippen molar-refractivity contribution in [3.8, 4) is 5.69 Å². The first-order chi connectivity index (χ1) is 8.51. The van der Waals surface area contributed by atoms with Gasteiger partial charge in [-0.2, -0.15) is 5.10 Å². The quantitative estimate of drug-likeness (QED) is 0.908. The zero-order valence-electron chi connectivity index (χ0n) is 10.1. The summed E-state index contributed by atoms with van der Waals surface area (Å²) in [4.78, 5) is 10.9. The standard InChI is InChI=1S/C13H13FN2O2/c1-3-10-7-12(13(17)18)15-16(10)11-5-8(2)4-9(14)6-11/h4-7H,3H2,1-2H3,(H,17,18). The van der Waals surface area contributed by atoms with Crippen LogP contribution in [0.2, 0.25) is 0 Å². The van der Waals surface area contributed by atoms with E-state index in [1.165, 1.54) is 22.9 Å². The fourth-order valence-electron chi connectivity index (χ4n) is 1.84. The second-order valence-corrected chi connectivity index (χ2v) is 4.08. The molecular weight excluding hydrogens is 235 g/mol. The van der Waals surface area contributed by atoms with E-state index in [1.807, 2.05) is 6.92 Å². The maximum Gasteiger partial charge on any atom is 0.356 e. The van der Waals surface area contributed by atoms with Crippen molar-refractivity contribution in [1.29, 1.82) is 0 Å². The molecule has 1 aromatic carbocycles. The van der Waals surface area contributed by atoms with Crippen LogP contribution in [0.1, 0.15) is 28.7 Å². The fourth-order valence-corrected chi connectivity index (χ4v) is 1.84. The molecule has 0 radical (unpaired) electrons. The minimum Gasteiger partial charge on any atom is -0.476 e. The number of aromatic nitrogens is 2. The van der Waals surface area contributed by atoms with Crippen LogP contribution in [-0.4, -0.2) is 20.9 Å². The zero-order valence-corrected chi connectivity index (χ0v) is 10.1. The van der Waals surface area contributed by atoms with Crippen LogP contribution in [0.4, 0.5) is 4.39 Å². The highest BCUT2D eigenvalue weighted by Gasteiger charge is 2.13. The van der Waals surface area contributed by atoms with Gasteiger partial charge in [0.2, 0.25) is 0 Å². The van der Waals surface area contributed by atoms with E-state index in [0.717, 1.165) is 11.3 Å². The monoisotopic (exact) mass is 248 g/mol. The van der Waals surface area contributed by atoms with Crippen LogP contribution >= 0.6 is 0 Å². The number of benzene rings is 1. The first-order valence-corrected chi connectivity index (χ1v) is 5.61. The topological polar surface area (TPSA) is 55.1 Å². The average Bonchev–Trinajstić information content (AvgIpc) is 2.71. The molecule has 0 aliphatic rings. The van der Waals surface area contributed by atoms with E-state index in [2.05, 4.69) is 5.10 Å². The van der Waals surface area contributed by atoms with Crippen LogP contribution in [0.5, 0.6) is 0 Å². The summed E-state index contributed by atoms with van der Waals surface area (Å²) < 4.78 is 14.8. The molecule has 0 saturated carbocycles. The van der Waals surface area contributed by atoms with Crippen molar-refractivity contribution < 1.29 is 14.3 Å². The number of carbonyl (C=O) groups is 1. The first kappa shape index (κ1) is 12.3. The maximum atomic E-state index is 13.4. The van der Waals surface area contributed by atoms with Crippen LogP contribution < -0.4 is 0 Å². The van der Waals surface area contributed by atoms with Gasteiger partial charge in [-0.3, -0.25) is 0 Å².